The summed E-state index contributed by atoms with van der Waals surface area (Å²) in [5, 5.41) is 8.02. The number of carbonyl (C=O) groups is 1. The lowest BCUT2D eigenvalue weighted by Gasteiger charge is -2.59. The second-order valence-corrected chi connectivity index (χ2v) is 10.1. The third-order valence-electron chi connectivity index (χ3n) is 8.05. The van der Waals surface area contributed by atoms with Crippen LogP contribution in [0.25, 0.3) is 0 Å². The van der Waals surface area contributed by atoms with Crippen LogP contribution < -0.4 is 5.32 Å². The van der Waals surface area contributed by atoms with Gasteiger partial charge >= 0.3 is 0 Å². The molecule has 2 fully saturated rings. The zero-order valence-electron chi connectivity index (χ0n) is 19.0. The van der Waals surface area contributed by atoms with Crippen molar-refractivity contribution in [2.24, 2.45) is 18.4 Å². The summed E-state index contributed by atoms with van der Waals surface area (Å²) in [6, 6.07) is 0. The Kier molecular flexibility index (Phi) is 4.87. The number of nitrogens with zero attached hydrogens (tertiary/aromatic N) is 3. The molecular weight excluding hydrogens is 368 g/mol. The smallest absolute Gasteiger partial charge is 0.271 e. The number of aromatic nitrogens is 2. The lowest BCUT2D eigenvalue weighted by atomic mass is 9.49. The lowest BCUT2D eigenvalue weighted by Crippen LogP contribution is -2.61. The van der Waals surface area contributed by atoms with Crippen molar-refractivity contribution < 1.29 is 14.3 Å². The molecule has 1 amide bonds. The number of hydrogen-bond acceptors (Lipinski definition) is 5. The van der Waals surface area contributed by atoms with E-state index < -0.39 is 5.79 Å². The van der Waals surface area contributed by atoms with Gasteiger partial charge in [0, 0.05) is 29.9 Å². The molecule has 29 heavy (non-hydrogen) atoms. The fourth-order valence-corrected chi connectivity index (χ4v) is 6.14. The first kappa shape index (κ1) is 20.8. The number of hydrogen-bond donors (Lipinski definition) is 1. The van der Waals surface area contributed by atoms with E-state index in [4.69, 9.17) is 14.6 Å². The topological polar surface area (TPSA) is 68.6 Å². The van der Waals surface area contributed by atoms with Crippen molar-refractivity contribution >= 4 is 5.91 Å². The fourth-order valence-electron chi connectivity index (χ4n) is 6.14. The molecule has 1 saturated heterocycles. The molecule has 2 aliphatic carbocycles. The van der Waals surface area contributed by atoms with Gasteiger partial charge in [-0.2, -0.15) is 5.10 Å². The zero-order valence-corrected chi connectivity index (χ0v) is 19.0. The Balaban J connectivity index is 1.70. The van der Waals surface area contributed by atoms with Gasteiger partial charge in [-0.3, -0.25) is 14.4 Å². The van der Waals surface area contributed by atoms with Gasteiger partial charge in [0.05, 0.1) is 25.1 Å². The summed E-state index contributed by atoms with van der Waals surface area (Å²) >= 11 is 0. The first-order valence-electron chi connectivity index (χ1n) is 10.8. The summed E-state index contributed by atoms with van der Waals surface area (Å²) in [4.78, 5) is 15.1. The zero-order chi connectivity index (χ0) is 21.2. The maximum absolute atomic E-state index is 13.1. The summed E-state index contributed by atoms with van der Waals surface area (Å²) in [5.74, 6) is -0.135. The van der Waals surface area contributed by atoms with E-state index in [1.165, 1.54) is 0 Å². The summed E-state index contributed by atoms with van der Waals surface area (Å²) in [6.45, 7) is 10.3. The van der Waals surface area contributed by atoms with Crippen LogP contribution in [-0.4, -0.2) is 59.8 Å². The largest absolute Gasteiger partial charge is 0.347 e. The molecule has 0 aromatic carbocycles. The standard InChI is InChI=1S/C22H36N4O3/c1-14(25(5)6)23-19(27)17-15-8-9-16-20(2,3)22(28-12-13-29-22)11-10-21(16,4)18(15)24-26(17)7/h14,16H,8-13H2,1-7H3,(H,23,27)/t14?,16-,21-/m0/s1. The van der Waals surface area contributed by atoms with E-state index in [1.54, 1.807) is 4.68 Å². The molecule has 4 rings (SSSR count). The van der Waals surface area contributed by atoms with Crippen LogP contribution in [0.4, 0.5) is 0 Å². The van der Waals surface area contributed by atoms with Gasteiger partial charge in [-0.05, 0) is 46.2 Å². The van der Waals surface area contributed by atoms with Gasteiger partial charge in [0.2, 0.25) is 0 Å². The van der Waals surface area contributed by atoms with Crippen LogP contribution in [-0.2, 0) is 28.4 Å². The van der Waals surface area contributed by atoms with Gasteiger partial charge in [-0.25, -0.2) is 0 Å². The number of rotatable bonds is 3. The van der Waals surface area contributed by atoms with Gasteiger partial charge < -0.3 is 14.8 Å². The van der Waals surface area contributed by atoms with E-state index in [2.05, 4.69) is 26.1 Å². The quantitative estimate of drug-likeness (QED) is 0.784. The van der Waals surface area contributed by atoms with Gasteiger partial charge in [-0.1, -0.05) is 20.8 Å². The molecule has 1 aliphatic heterocycles. The van der Waals surface area contributed by atoms with Gasteiger partial charge in [0.25, 0.3) is 5.91 Å². The van der Waals surface area contributed by atoms with E-state index in [1.807, 2.05) is 33.0 Å². The van der Waals surface area contributed by atoms with Crippen molar-refractivity contribution in [2.75, 3.05) is 27.3 Å². The average Bonchev–Trinajstić information content (AvgIpc) is 3.24. The number of amides is 1. The second-order valence-electron chi connectivity index (χ2n) is 10.1. The van der Waals surface area contributed by atoms with Crippen molar-refractivity contribution in [3.05, 3.63) is 17.0 Å². The van der Waals surface area contributed by atoms with Crippen LogP contribution in [0.1, 0.15) is 68.7 Å². The first-order chi connectivity index (χ1) is 13.5. The Labute approximate surface area is 174 Å². The van der Waals surface area contributed by atoms with Gasteiger partial charge in [0.15, 0.2) is 5.79 Å². The van der Waals surface area contributed by atoms with E-state index in [-0.39, 0.29) is 22.9 Å². The minimum absolute atomic E-state index is 0.0369. The van der Waals surface area contributed by atoms with Gasteiger partial charge in [-0.15, -0.1) is 0 Å². The third-order valence-corrected chi connectivity index (χ3v) is 8.05. The van der Waals surface area contributed by atoms with Crippen LogP contribution in [0.2, 0.25) is 0 Å². The second kappa shape index (κ2) is 6.79. The Morgan fingerprint density at radius 3 is 2.52 bits per heavy atom. The maximum atomic E-state index is 13.1. The van der Waals surface area contributed by atoms with Gasteiger partial charge in [0.1, 0.15) is 5.69 Å². The molecule has 1 unspecified atom stereocenters. The number of carbonyl (C=O) groups excluding carboxylic acids is 1. The van der Waals surface area contributed by atoms with E-state index >= 15 is 0 Å². The molecule has 1 aromatic rings. The molecule has 0 radical (unpaired) electrons. The summed E-state index contributed by atoms with van der Waals surface area (Å²) < 4.78 is 14.2. The molecule has 1 spiro atoms. The Morgan fingerprint density at radius 2 is 1.90 bits per heavy atom. The molecule has 2 heterocycles. The molecule has 7 nitrogen and oxygen atoms in total. The van der Waals surface area contributed by atoms with Crippen molar-refractivity contribution in [3.63, 3.8) is 0 Å². The first-order valence-corrected chi connectivity index (χ1v) is 10.8. The highest BCUT2D eigenvalue weighted by Crippen LogP contribution is 2.62. The highest BCUT2D eigenvalue weighted by Gasteiger charge is 2.64. The van der Waals surface area contributed by atoms with Crippen LogP contribution in [0, 0.1) is 11.3 Å². The number of ether oxygens (including phenoxy) is 2. The Morgan fingerprint density at radius 1 is 1.24 bits per heavy atom. The lowest BCUT2D eigenvalue weighted by molar-refractivity contribution is -0.276. The summed E-state index contributed by atoms with van der Waals surface area (Å²) in [7, 11) is 5.81. The normalized spacial score (nSPS) is 30.8. The average molecular weight is 405 g/mol. The van der Waals surface area contributed by atoms with Crippen molar-refractivity contribution in [1.29, 1.82) is 0 Å². The molecule has 1 aromatic heterocycles. The maximum Gasteiger partial charge on any atom is 0.271 e. The van der Waals surface area contributed by atoms with Crippen LogP contribution in [0.3, 0.4) is 0 Å². The molecule has 3 atom stereocenters. The Hall–Kier alpha value is -1.44. The summed E-state index contributed by atoms with van der Waals surface area (Å²) in [6.07, 6.45) is 3.66. The fraction of sp³-hybridized carbons (Fsp3) is 0.818. The SMILES string of the molecule is CC(NC(=O)c1c2c(nn1C)[C@@]1(C)CCC3(OCCO3)C(C)(C)[C@@H]1CC2)N(C)C. The summed E-state index contributed by atoms with van der Waals surface area (Å²) in [5.41, 5.74) is 2.73. The predicted molar refractivity (Wildman–Crippen MR) is 111 cm³/mol. The van der Waals surface area contributed by atoms with Crippen LogP contribution >= 0.6 is 0 Å². The van der Waals surface area contributed by atoms with Crippen LogP contribution in [0.5, 0.6) is 0 Å². The molecule has 0 bridgehead atoms. The molecule has 1 N–H and O–H groups in total. The van der Waals surface area contributed by atoms with Crippen molar-refractivity contribution in [2.45, 2.75) is 70.7 Å². The number of nitrogens with one attached hydrogen (secondary N) is 1. The molecule has 162 valence electrons. The van der Waals surface area contributed by atoms with Crippen LogP contribution in [0.15, 0.2) is 0 Å². The monoisotopic (exact) mass is 404 g/mol. The Bertz CT molecular complexity index is 809. The molecule has 1 saturated carbocycles. The highest BCUT2D eigenvalue weighted by atomic mass is 16.7. The van der Waals surface area contributed by atoms with Crippen molar-refractivity contribution in [3.8, 4) is 0 Å². The number of aryl methyl sites for hydroxylation is 1. The molecular formula is C22H36N4O3. The van der Waals surface area contributed by atoms with E-state index in [0.29, 0.717) is 24.8 Å². The third kappa shape index (κ3) is 2.88. The number of fused-ring (bicyclic) bond motifs is 3. The van der Waals surface area contributed by atoms with E-state index in [9.17, 15) is 4.79 Å². The predicted octanol–water partition coefficient (Wildman–Crippen LogP) is 2.44. The van der Waals surface area contributed by atoms with Crippen molar-refractivity contribution in [1.82, 2.24) is 20.0 Å². The highest BCUT2D eigenvalue weighted by molar-refractivity contribution is 5.94. The minimum Gasteiger partial charge on any atom is -0.347 e. The van der Waals surface area contributed by atoms with E-state index in [0.717, 1.165) is 36.9 Å². The molecule has 3 aliphatic rings. The minimum atomic E-state index is -0.481. The molecule has 7 heteroatoms.